The molecular weight excluding hydrogens is 510 g/mol. The number of aryl methyl sites for hydroxylation is 1. The van der Waals surface area contributed by atoms with Gasteiger partial charge in [0.25, 0.3) is 11.8 Å². The number of piperidine rings is 1. The van der Waals surface area contributed by atoms with Gasteiger partial charge in [0, 0.05) is 45.2 Å². The summed E-state index contributed by atoms with van der Waals surface area (Å²) in [5.41, 5.74) is 2.89. The van der Waals surface area contributed by atoms with Gasteiger partial charge in [0.1, 0.15) is 5.60 Å². The topological polar surface area (TPSA) is 101 Å². The Morgan fingerprint density at radius 2 is 1.57 bits per heavy atom. The van der Waals surface area contributed by atoms with Gasteiger partial charge in [-0.3, -0.25) is 9.59 Å². The van der Waals surface area contributed by atoms with Gasteiger partial charge in [-0.1, -0.05) is 12.1 Å². The molecule has 0 bridgehead atoms. The molecule has 4 heterocycles. The lowest BCUT2D eigenvalue weighted by molar-refractivity contribution is 0.0202. The fourth-order valence-corrected chi connectivity index (χ4v) is 5.38. The van der Waals surface area contributed by atoms with Gasteiger partial charge in [-0.25, -0.2) is 9.48 Å². The van der Waals surface area contributed by atoms with Crippen molar-refractivity contribution < 1.29 is 23.5 Å². The SMILES string of the molecule is Cc1cccc(-n2ncc(C(=O)N3CCN(C(=O)c4ccco4)CC3)c2C2CCN(C(=O)OC(C)(C)C)CC2)c1. The lowest BCUT2D eigenvalue weighted by atomic mass is 9.90. The summed E-state index contributed by atoms with van der Waals surface area (Å²) in [7, 11) is 0. The molecule has 3 aromatic rings. The van der Waals surface area contributed by atoms with Gasteiger partial charge in [-0.15, -0.1) is 0 Å². The summed E-state index contributed by atoms with van der Waals surface area (Å²) in [6.45, 7) is 10.4. The number of ether oxygens (including phenoxy) is 1. The van der Waals surface area contributed by atoms with Gasteiger partial charge in [-0.05, 0) is 70.4 Å². The van der Waals surface area contributed by atoms with E-state index < -0.39 is 5.60 Å². The van der Waals surface area contributed by atoms with Crippen LogP contribution in [0.3, 0.4) is 0 Å². The third-order valence-corrected chi connectivity index (χ3v) is 7.40. The largest absolute Gasteiger partial charge is 0.459 e. The highest BCUT2D eigenvalue weighted by atomic mass is 16.6. The number of piperazine rings is 1. The first-order valence-corrected chi connectivity index (χ1v) is 13.9. The minimum atomic E-state index is -0.552. The number of amides is 3. The van der Waals surface area contributed by atoms with Crippen molar-refractivity contribution in [3.05, 3.63) is 71.4 Å². The van der Waals surface area contributed by atoms with E-state index in [-0.39, 0.29) is 23.8 Å². The number of hydrogen-bond acceptors (Lipinski definition) is 6. The molecule has 0 atom stereocenters. The molecule has 0 spiro atoms. The summed E-state index contributed by atoms with van der Waals surface area (Å²) < 4.78 is 12.7. The fourth-order valence-electron chi connectivity index (χ4n) is 5.38. The van der Waals surface area contributed by atoms with E-state index in [1.165, 1.54) is 6.26 Å². The number of furan rings is 1. The summed E-state index contributed by atoms with van der Waals surface area (Å²) in [4.78, 5) is 44.5. The zero-order valence-electron chi connectivity index (χ0n) is 23.6. The van der Waals surface area contributed by atoms with Crippen LogP contribution in [0.1, 0.15) is 71.7 Å². The second kappa shape index (κ2) is 11.2. The third kappa shape index (κ3) is 5.90. The van der Waals surface area contributed by atoms with Crippen LogP contribution >= 0.6 is 0 Å². The summed E-state index contributed by atoms with van der Waals surface area (Å²) in [5, 5.41) is 4.69. The molecule has 0 saturated carbocycles. The molecule has 2 aromatic heterocycles. The molecule has 2 aliphatic rings. The van der Waals surface area contributed by atoms with Crippen molar-refractivity contribution >= 4 is 17.9 Å². The first-order chi connectivity index (χ1) is 19.1. The van der Waals surface area contributed by atoms with Crippen LogP contribution < -0.4 is 0 Å². The Balaban J connectivity index is 1.35. The zero-order chi connectivity index (χ0) is 28.4. The van der Waals surface area contributed by atoms with E-state index >= 15 is 0 Å². The molecule has 5 rings (SSSR count). The summed E-state index contributed by atoms with van der Waals surface area (Å²) in [6, 6.07) is 11.4. The number of rotatable bonds is 4. The molecule has 1 aromatic carbocycles. The average molecular weight is 548 g/mol. The van der Waals surface area contributed by atoms with Crippen LogP contribution in [0.15, 0.2) is 53.3 Å². The Hall–Kier alpha value is -4.08. The van der Waals surface area contributed by atoms with Gasteiger partial charge in [0.05, 0.1) is 29.4 Å². The first-order valence-electron chi connectivity index (χ1n) is 13.9. The van der Waals surface area contributed by atoms with Crippen molar-refractivity contribution in [3.63, 3.8) is 0 Å². The van der Waals surface area contributed by atoms with Gasteiger partial charge in [-0.2, -0.15) is 5.10 Å². The normalized spacial score (nSPS) is 16.8. The predicted octanol–water partition coefficient (Wildman–Crippen LogP) is 4.49. The minimum Gasteiger partial charge on any atom is -0.459 e. The van der Waals surface area contributed by atoms with Crippen LogP contribution in [-0.2, 0) is 4.74 Å². The number of aromatic nitrogens is 2. The molecule has 0 unspecified atom stereocenters. The van der Waals surface area contributed by atoms with E-state index in [4.69, 9.17) is 9.15 Å². The minimum absolute atomic E-state index is 0.0440. The highest BCUT2D eigenvalue weighted by Crippen LogP contribution is 2.33. The molecule has 10 heteroatoms. The molecule has 2 fully saturated rings. The van der Waals surface area contributed by atoms with E-state index in [9.17, 15) is 14.4 Å². The Morgan fingerprint density at radius 1 is 0.900 bits per heavy atom. The smallest absolute Gasteiger partial charge is 0.410 e. The lowest BCUT2D eigenvalue weighted by Crippen LogP contribution is -2.50. The van der Waals surface area contributed by atoms with Crippen LogP contribution in [-0.4, -0.2) is 87.3 Å². The highest BCUT2D eigenvalue weighted by molar-refractivity contribution is 5.96. The van der Waals surface area contributed by atoms with E-state index in [0.717, 1.165) is 16.9 Å². The Morgan fingerprint density at radius 3 is 2.17 bits per heavy atom. The van der Waals surface area contributed by atoms with E-state index in [0.29, 0.717) is 63.4 Å². The Bertz CT molecular complexity index is 1360. The maximum Gasteiger partial charge on any atom is 0.410 e. The summed E-state index contributed by atoms with van der Waals surface area (Å²) in [5.74, 6) is 0.0945. The first kappa shape index (κ1) is 27.5. The number of benzene rings is 1. The number of carbonyl (C=O) groups is 3. The standard InChI is InChI=1S/C30H37N5O5/c1-21-7-5-8-23(19-21)35-26(22-10-12-34(13-11-22)29(38)40-30(2,3)4)24(20-31-35)27(36)32-14-16-33(17-15-32)28(37)25-9-6-18-39-25/h5-9,18-20,22H,10-17H2,1-4H3. The Labute approximate surface area is 234 Å². The number of hydrogen-bond donors (Lipinski definition) is 0. The molecular formula is C30H37N5O5. The highest BCUT2D eigenvalue weighted by Gasteiger charge is 2.34. The maximum absolute atomic E-state index is 13.9. The number of carbonyl (C=O) groups excluding carboxylic acids is 3. The molecule has 2 aliphatic heterocycles. The second-order valence-electron chi connectivity index (χ2n) is 11.5. The Kier molecular flexibility index (Phi) is 7.69. The van der Waals surface area contributed by atoms with Crippen LogP contribution in [0.25, 0.3) is 5.69 Å². The van der Waals surface area contributed by atoms with Crippen molar-refractivity contribution in [3.8, 4) is 5.69 Å². The number of likely N-dealkylation sites (tertiary alicyclic amines) is 1. The van der Waals surface area contributed by atoms with E-state index in [2.05, 4.69) is 11.2 Å². The van der Waals surface area contributed by atoms with Crippen molar-refractivity contribution in [1.29, 1.82) is 0 Å². The summed E-state index contributed by atoms with van der Waals surface area (Å²) in [6.07, 6.45) is 4.24. The lowest BCUT2D eigenvalue weighted by Gasteiger charge is -2.35. The van der Waals surface area contributed by atoms with Crippen LogP contribution in [0.2, 0.25) is 0 Å². The molecule has 2 saturated heterocycles. The van der Waals surface area contributed by atoms with Crippen LogP contribution in [0.4, 0.5) is 4.79 Å². The molecule has 0 radical (unpaired) electrons. The van der Waals surface area contributed by atoms with E-state index in [1.807, 2.05) is 50.6 Å². The third-order valence-electron chi connectivity index (χ3n) is 7.40. The molecule has 3 amide bonds. The van der Waals surface area contributed by atoms with E-state index in [1.54, 1.807) is 33.0 Å². The predicted molar refractivity (Wildman–Crippen MR) is 149 cm³/mol. The van der Waals surface area contributed by atoms with Gasteiger partial charge >= 0.3 is 6.09 Å². The van der Waals surface area contributed by atoms with Gasteiger partial charge in [0.15, 0.2) is 5.76 Å². The number of nitrogens with zero attached hydrogens (tertiary/aromatic N) is 5. The van der Waals surface area contributed by atoms with Gasteiger partial charge in [0.2, 0.25) is 0 Å². The fraction of sp³-hybridized carbons (Fsp3) is 0.467. The molecule has 40 heavy (non-hydrogen) atoms. The second-order valence-corrected chi connectivity index (χ2v) is 11.5. The molecule has 0 N–H and O–H groups in total. The average Bonchev–Trinajstić information content (AvgIpc) is 3.62. The van der Waals surface area contributed by atoms with Crippen molar-refractivity contribution in [1.82, 2.24) is 24.5 Å². The monoisotopic (exact) mass is 547 g/mol. The zero-order valence-corrected chi connectivity index (χ0v) is 23.6. The van der Waals surface area contributed by atoms with Crippen molar-refractivity contribution in [2.24, 2.45) is 0 Å². The van der Waals surface area contributed by atoms with Crippen LogP contribution in [0.5, 0.6) is 0 Å². The van der Waals surface area contributed by atoms with Crippen molar-refractivity contribution in [2.75, 3.05) is 39.3 Å². The molecule has 0 aliphatic carbocycles. The van der Waals surface area contributed by atoms with Crippen LogP contribution in [0, 0.1) is 6.92 Å². The molecule has 10 nitrogen and oxygen atoms in total. The maximum atomic E-state index is 13.9. The van der Waals surface area contributed by atoms with Crippen molar-refractivity contribution in [2.45, 2.75) is 52.1 Å². The van der Waals surface area contributed by atoms with Gasteiger partial charge < -0.3 is 23.9 Å². The quantitative estimate of drug-likeness (QED) is 0.477. The summed E-state index contributed by atoms with van der Waals surface area (Å²) >= 11 is 0. The molecule has 212 valence electrons.